The first-order chi connectivity index (χ1) is 13.6. The summed E-state index contributed by atoms with van der Waals surface area (Å²) >= 11 is 1.82. The van der Waals surface area contributed by atoms with E-state index in [4.69, 9.17) is 0 Å². The van der Waals surface area contributed by atoms with Gasteiger partial charge in [0.25, 0.3) is 11.8 Å². The molecule has 2 aliphatic rings. The van der Waals surface area contributed by atoms with Gasteiger partial charge in [0.15, 0.2) is 0 Å². The van der Waals surface area contributed by atoms with E-state index >= 15 is 0 Å². The highest BCUT2D eigenvalue weighted by atomic mass is 32.2. The monoisotopic (exact) mass is 405 g/mol. The van der Waals surface area contributed by atoms with E-state index in [1.165, 1.54) is 6.42 Å². The molecular weight excluding hydrogens is 374 g/mol. The Morgan fingerprint density at radius 1 is 1.11 bits per heavy atom. The van der Waals surface area contributed by atoms with Gasteiger partial charge in [0.05, 0.1) is 0 Å². The van der Waals surface area contributed by atoms with Gasteiger partial charge in [0.2, 0.25) is 5.43 Å². The number of hydrogen-bond acceptors (Lipinski definition) is 4. The molecule has 1 saturated heterocycles. The molecule has 1 aromatic rings. The fourth-order valence-corrected chi connectivity index (χ4v) is 4.82. The first-order valence-corrected chi connectivity index (χ1v) is 11.7. The fraction of sp³-hybridized carbons (Fsp3) is 0.667. The molecule has 1 aromatic heterocycles. The molecule has 3 rings (SSSR count). The molecule has 1 N–H and O–H groups in total. The van der Waals surface area contributed by atoms with Crippen LogP contribution in [-0.4, -0.2) is 52.4 Å². The van der Waals surface area contributed by atoms with E-state index in [0.717, 1.165) is 50.0 Å². The van der Waals surface area contributed by atoms with Gasteiger partial charge < -0.3 is 14.8 Å². The first kappa shape index (κ1) is 21.0. The molecule has 0 bridgehead atoms. The van der Waals surface area contributed by atoms with Gasteiger partial charge in [0, 0.05) is 49.6 Å². The Morgan fingerprint density at radius 2 is 1.79 bits per heavy atom. The van der Waals surface area contributed by atoms with E-state index in [2.05, 4.69) is 12.2 Å². The molecule has 2 amide bonds. The molecule has 28 heavy (non-hydrogen) atoms. The van der Waals surface area contributed by atoms with Gasteiger partial charge >= 0.3 is 0 Å². The standard InChI is InChI=1S/C21H31N3O3S/c1-2-3-9-22-20(26)17-14-24(16-7-5-4-6-8-16)15-18(19(17)25)21(27)23-10-12-28-13-11-23/h14-16H,2-13H2,1H3,(H,22,26). The Labute approximate surface area is 171 Å². The van der Waals surface area contributed by atoms with Crippen LogP contribution >= 0.6 is 11.8 Å². The fourth-order valence-electron chi connectivity index (χ4n) is 3.91. The molecular formula is C21H31N3O3S. The lowest BCUT2D eigenvalue weighted by atomic mass is 9.95. The minimum atomic E-state index is -0.440. The quantitative estimate of drug-likeness (QED) is 0.739. The van der Waals surface area contributed by atoms with Gasteiger partial charge in [-0.3, -0.25) is 14.4 Å². The molecule has 0 radical (unpaired) electrons. The smallest absolute Gasteiger partial charge is 0.259 e. The van der Waals surface area contributed by atoms with Crippen LogP contribution in [0.25, 0.3) is 0 Å². The minimum absolute atomic E-state index is 0.0962. The lowest BCUT2D eigenvalue weighted by Crippen LogP contribution is -2.42. The van der Waals surface area contributed by atoms with Crippen LogP contribution in [-0.2, 0) is 0 Å². The van der Waals surface area contributed by atoms with E-state index in [1.807, 2.05) is 16.3 Å². The molecule has 0 unspecified atom stereocenters. The van der Waals surface area contributed by atoms with Crippen LogP contribution in [0.5, 0.6) is 0 Å². The second-order valence-electron chi connectivity index (χ2n) is 7.67. The highest BCUT2D eigenvalue weighted by Gasteiger charge is 2.26. The summed E-state index contributed by atoms with van der Waals surface area (Å²) in [6, 6.07) is 0.250. The number of carbonyl (C=O) groups excluding carboxylic acids is 2. The Bertz CT molecular complexity index is 750. The predicted molar refractivity (Wildman–Crippen MR) is 113 cm³/mol. The average molecular weight is 406 g/mol. The molecule has 0 aromatic carbocycles. The highest BCUT2D eigenvalue weighted by molar-refractivity contribution is 7.99. The van der Waals surface area contributed by atoms with Crippen molar-refractivity contribution >= 4 is 23.6 Å². The van der Waals surface area contributed by atoms with Crippen LogP contribution in [0.3, 0.4) is 0 Å². The number of rotatable bonds is 6. The van der Waals surface area contributed by atoms with E-state index < -0.39 is 5.43 Å². The molecule has 2 fully saturated rings. The number of nitrogens with zero attached hydrogens (tertiary/aromatic N) is 2. The van der Waals surface area contributed by atoms with Crippen molar-refractivity contribution in [3.05, 3.63) is 33.7 Å². The van der Waals surface area contributed by atoms with E-state index in [9.17, 15) is 14.4 Å². The summed E-state index contributed by atoms with van der Waals surface area (Å²) in [6.07, 6.45) is 10.8. The summed E-state index contributed by atoms with van der Waals surface area (Å²) in [5.41, 5.74) is -0.205. The van der Waals surface area contributed by atoms with E-state index in [0.29, 0.717) is 19.6 Å². The van der Waals surface area contributed by atoms with Gasteiger partial charge in [-0.05, 0) is 19.3 Å². The molecule has 7 heteroatoms. The number of nitrogens with one attached hydrogen (secondary N) is 1. The van der Waals surface area contributed by atoms with Gasteiger partial charge in [-0.1, -0.05) is 32.6 Å². The van der Waals surface area contributed by atoms with Crippen molar-refractivity contribution in [3.8, 4) is 0 Å². The van der Waals surface area contributed by atoms with Gasteiger partial charge in [-0.25, -0.2) is 0 Å². The van der Waals surface area contributed by atoms with Crippen molar-refractivity contribution < 1.29 is 9.59 Å². The third kappa shape index (κ3) is 4.99. The number of carbonyl (C=O) groups is 2. The van der Waals surface area contributed by atoms with Crippen molar-refractivity contribution in [1.29, 1.82) is 0 Å². The zero-order valence-electron chi connectivity index (χ0n) is 16.7. The van der Waals surface area contributed by atoms with Crippen molar-refractivity contribution in [2.24, 2.45) is 0 Å². The summed E-state index contributed by atoms with van der Waals surface area (Å²) in [5.74, 6) is 1.17. The highest BCUT2D eigenvalue weighted by Crippen LogP contribution is 2.28. The summed E-state index contributed by atoms with van der Waals surface area (Å²) in [7, 11) is 0. The van der Waals surface area contributed by atoms with Crippen LogP contribution in [0.1, 0.15) is 78.6 Å². The van der Waals surface area contributed by atoms with Gasteiger partial charge in [0.1, 0.15) is 11.1 Å². The number of thioether (sulfide) groups is 1. The largest absolute Gasteiger partial charge is 0.352 e. The van der Waals surface area contributed by atoms with Crippen molar-refractivity contribution in [1.82, 2.24) is 14.8 Å². The lowest BCUT2D eigenvalue weighted by molar-refractivity contribution is 0.0769. The van der Waals surface area contributed by atoms with Crippen LogP contribution in [0.15, 0.2) is 17.2 Å². The maximum Gasteiger partial charge on any atom is 0.259 e. The summed E-state index contributed by atoms with van der Waals surface area (Å²) in [6.45, 7) is 3.90. The minimum Gasteiger partial charge on any atom is -0.352 e. The zero-order valence-corrected chi connectivity index (χ0v) is 17.6. The molecule has 1 aliphatic carbocycles. The number of hydrogen-bond donors (Lipinski definition) is 1. The van der Waals surface area contributed by atoms with Crippen LogP contribution in [0.2, 0.25) is 0 Å². The maximum absolute atomic E-state index is 13.1. The SMILES string of the molecule is CCCCNC(=O)c1cn(C2CCCCC2)cc(C(=O)N2CCSCC2)c1=O. The number of unbranched alkanes of at least 4 members (excludes halogenated alkanes) is 1. The number of aromatic nitrogens is 1. The normalized spacial score (nSPS) is 18.1. The first-order valence-electron chi connectivity index (χ1n) is 10.5. The third-order valence-corrected chi connectivity index (χ3v) is 6.57. The lowest BCUT2D eigenvalue weighted by Gasteiger charge is -2.28. The third-order valence-electron chi connectivity index (χ3n) is 5.63. The maximum atomic E-state index is 13.1. The molecule has 0 spiro atoms. The molecule has 0 atom stereocenters. The Balaban J connectivity index is 1.94. The summed E-state index contributed by atoms with van der Waals surface area (Å²) in [5, 5.41) is 2.84. The predicted octanol–water partition coefficient (Wildman–Crippen LogP) is 3.07. The van der Waals surface area contributed by atoms with Crippen LogP contribution in [0.4, 0.5) is 0 Å². The Morgan fingerprint density at radius 3 is 2.46 bits per heavy atom. The average Bonchev–Trinajstić information content (AvgIpc) is 2.74. The van der Waals surface area contributed by atoms with Crippen LogP contribution < -0.4 is 10.7 Å². The molecule has 6 nitrogen and oxygen atoms in total. The molecule has 1 aliphatic heterocycles. The van der Waals surface area contributed by atoms with Gasteiger partial charge in [-0.2, -0.15) is 11.8 Å². The van der Waals surface area contributed by atoms with Crippen molar-refractivity contribution in [2.45, 2.75) is 57.9 Å². The second-order valence-corrected chi connectivity index (χ2v) is 8.89. The summed E-state index contributed by atoms with van der Waals surface area (Å²) in [4.78, 5) is 40.5. The summed E-state index contributed by atoms with van der Waals surface area (Å²) < 4.78 is 1.96. The zero-order chi connectivity index (χ0) is 19.9. The van der Waals surface area contributed by atoms with E-state index in [-0.39, 0.29) is 29.0 Å². The van der Waals surface area contributed by atoms with E-state index in [1.54, 1.807) is 17.3 Å². The Kier molecular flexibility index (Phi) is 7.59. The molecule has 2 heterocycles. The Hall–Kier alpha value is -1.76. The number of amides is 2. The van der Waals surface area contributed by atoms with Gasteiger partial charge in [-0.15, -0.1) is 0 Å². The molecule has 1 saturated carbocycles. The number of pyridine rings is 1. The van der Waals surface area contributed by atoms with Crippen molar-refractivity contribution in [2.75, 3.05) is 31.1 Å². The van der Waals surface area contributed by atoms with Crippen molar-refractivity contribution in [3.63, 3.8) is 0 Å². The topological polar surface area (TPSA) is 71.4 Å². The second kappa shape index (κ2) is 10.1. The van der Waals surface area contributed by atoms with Crippen LogP contribution in [0, 0.1) is 0 Å². The molecule has 154 valence electrons.